The quantitative estimate of drug-likeness (QED) is 0.575. The van der Waals surface area contributed by atoms with Crippen molar-refractivity contribution in [3.05, 3.63) is 63.8 Å². The molecule has 0 radical (unpaired) electrons. The van der Waals surface area contributed by atoms with Crippen molar-refractivity contribution in [2.45, 2.75) is 13.5 Å². The first kappa shape index (κ1) is 16.8. The second-order valence-corrected chi connectivity index (χ2v) is 7.46. The molecule has 1 amide bonds. The van der Waals surface area contributed by atoms with E-state index in [1.165, 1.54) is 11.3 Å². The third kappa shape index (κ3) is 3.11. The molecule has 4 aromatic rings. The van der Waals surface area contributed by atoms with Crippen molar-refractivity contribution in [2.75, 3.05) is 5.32 Å². The summed E-state index contributed by atoms with van der Waals surface area (Å²) < 4.78 is 3.55. The number of fused-ring (bicyclic) bond motifs is 1. The van der Waals surface area contributed by atoms with Crippen LogP contribution in [0, 0.1) is 6.92 Å². The monoisotopic (exact) mass is 385 g/mol. The molecular weight excluding hydrogens is 370 g/mol. The number of carbonyl (C=O) groups excluding carboxylic acids is 1. The van der Waals surface area contributed by atoms with E-state index >= 15 is 0 Å². The zero-order valence-electron chi connectivity index (χ0n) is 14.2. The molecule has 0 aliphatic heterocycles. The Hall–Kier alpha value is -2.64. The fraction of sp³-hybridized carbons (Fsp3) is 0.167. The minimum Gasteiger partial charge on any atom is -0.306 e. The van der Waals surface area contributed by atoms with E-state index in [2.05, 4.69) is 15.5 Å². The Morgan fingerprint density at radius 1 is 1.27 bits per heavy atom. The van der Waals surface area contributed by atoms with Gasteiger partial charge in [-0.05, 0) is 30.7 Å². The second kappa shape index (κ2) is 6.59. The van der Waals surface area contributed by atoms with Gasteiger partial charge in [-0.25, -0.2) is 4.68 Å². The van der Waals surface area contributed by atoms with E-state index in [9.17, 15) is 4.79 Å². The molecule has 0 atom stereocenters. The molecule has 6 nitrogen and oxygen atoms in total. The molecule has 26 heavy (non-hydrogen) atoms. The Labute approximate surface area is 159 Å². The number of thiophene rings is 1. The summed E-state index contributed by atoms with van der Waals surface area (Å²) in [6, 6.07) is 11.2. The molecule has 132 valence electrons. The number of rotatable bonds is 4. The Balaban J connectivity index is 1.55. The van der Waals surface area contributed by atoms with E-state index in [-0.39, 0.29) is 5.91 Å². The van der Waals surface area contributed by atoms with Gasteiger partial charge in [-0.15, -0.1) is 11.3 Å². The maximum Gasteiger partial charge on any atom is 0.266 e. The molecule has 0 aliphatic rings. The van der Waals surface area contributed by atoms with Gasteiger partial charge in [-0.2, -0.15) is 10.2 Å². The zero-order chi connectivity index (χ0) is 18.3. The summed E-state index contributed by atoms with van der Waals surface area (Å²) in [5, 5.41) is 13.3. The highest BCUT2D eigenvalue weighted by Crippen LogP contribution is 2.28. The number of benzene rings is 1. The average Bonchev–Trinajstić information content (AvgIpc) is 3.29. The number of nitrogens with one attached hydrogen (secondary N) is 1. The van der Waals surface area contributed by atoms with Crippen LogP contribution in [0.4, 0.5) is 5.82 Å². The highest BCUT2D eigenvalue weighted by molar-refractivity contribution is 7.20. The molecule has 0 saturated heterocycles. The van der Waals surface area contributed by atoms with Gasteiger partial charge in [0, 0.05) is 23.5 Å². The van der Waals surface area contributed by atoms with Crippen LogP contribution < -0.4 is 5.32 Å². The SMILES string of the molecule is Cc1nn(C)c2sc(C(=O)Nc3ccnn3Cc3ccc(Cl)cc3)cc12. The maximum atomic E-state index is 12.7. The minimum absolute atomic E-state index is 0.150. The lowest BCUT2D eigenvalue weighted by Gasteiger charge is -2.08. The predicted molar refractivity (Wildman–Crippen MR) is 104 cm³/mol. The molecule has 8 heteroatoms. The molecule has 0 saturated carbocycles. The van der Waals surface area contributed by atoms with Crippen LogP contribution in [0.3, 0.4) is 0 Å². The van der Waals surface area contributed by atoms with Gasteiger partial charge >= 0.3 is 0 Å². The first-order chi connectivity index (χ1) is 12.5. The lowest BCUT2D eigenvalue weighted by Crippen LogP contribution is -2.15. The number of aromatic nitrogens is 4. The van der Waals surface area contributed by atoms with E-state index in [1.54, 1.807) is 21.6 Å². The van der Waals surface area contributed by atoms with Crippen LogP contribution in [-0.4, -0.2) is 25.5 Å². The molecule has 0 aliphatic carbocycles. The maximum absolute atomic E-state index is 12.7. The molecule has 1 N–H and O–H groups in total. The molecule has 0 unspecified atom stereocenters. The van der Waals surface area contributed by atoms with Crippen LogP contribution >= 0.6 is 22.9 Å². The summed E-state index contributed by atoms with van der Waals surface area (Å²) in [5.41, 5.74) is 1.97. The van der Waals surface area contributed by atoms with Crippen LogP contribution in [0.5, 0.6) is 0 Å². The van der Waals surface area contributed by atoms with Crippen molar-refractivity contribution in [2.24, 2.45) is 7.05 Å². The van der Waals surface area contributed by atoms with E-state index in [0.29, 0.717) is 22.3 Å². The number of nitrogens with zero attached hydrogens (tertiary/aromatic N) is 4. The fourth-order valence-electron chi connectivity index (χ4n) is 2.82. The summed E-state index contributed by atoms with van der Waals surface area (Å²) >= 11 is 7.35. The first-order valence-electron chi connectivity index (χ1n) is 8.02. The van der Waals surface area contributed by atoms with Crippen molar-refractivity contribution in [3.63, 3.8) is 0 Å². The summed E-state index contributed by atoms with van der Waals surface area (Å²) in [4.78, 5) is 14.3. The van der Waals surface area contributed by atoms with Crippen molar-refractivity contribution in [1.29, 1.82) is 0 Å². The van der Waals surface area contributed by atoms with Crippen molar-refractivity contribution in [3.8, 4) is 0 Å². The molecule has 0 spiro atoms. The molecule has 0 bridgehead atoms. The van der Waals surface area contributed by atoms with Crippen LogP contribution in [0.25, 0.3) is 10.2 Å². The Kier molecular flexibility index (Phi) is 4.26. The van der Waals surface area contributed by atoms with Gasteiger partial charge in [0.25, 0.3) is 5.91 Å². The molecule has 0 fully saturated rings. The molecule has 4 rings (SSSR count). The largest absolute Gasteiger partial charge is 0.306 e. The van der Waals surface area contributed by atoms with Crippen LogP contribution in [0.1, 0.15) is 20.9 Å². The summed E-state index contributed by atoms with van der Waals surface area (Å²) in [6.07, 6.45) is 1.67. The summed E-state index contributed by atoms with van der Waals surface area (Å²) in [6.45, 7) is 2.49. The number of aryl methyl sites for hydroxylation is 2. The molecular formula is C18H16ClN5OS. The smallest absolute Gasteiger partial charge is 0.266 e. The summed E-state index contributed by atoms with van der Waals surface area (Å²) in [5.74, 6) is 0.501. The van der Waals surface area contributed by atoms with Crippen molar-refractivity contribution < 1.29 is 4.79 Å². The molecule has 3 heterocycles. The Bertz CT molecular complexity index is 1060. The van der Waals surface area contributed by atoms with Gasteiger partial charge in [0.15, 0.2) is 0 Å². The zero-order valence-corrected chi connectivity index (χ0v) is 15.8. The van der Waals surface area contributed by atoms with Gasteiger partial charge in [0.05, 0.1) is 23.3 Å². The fourth-order valence-corrected chi connectivity index (χ4v) is 3.97. The van der Waals surface area contributed by atoms with Gasteiger partial charge in [0.1, 0.15) is 10.6 Å². The standard InChI is InChI=1S/C18H16ClN5OS/c1-11-14-9-15(26-18(14)23(2)22-11)17(25)21-16-7-8-20-24(16)10-12-3-5-13(19)6-4-12/h3-9H,10H2,1-2H3,(H,21,25). The number of carbonyl (C=O) groups is 1. The lowest BCUT2D eigenvalue weighted by molar-refractivity contribution is 0.102. The van der Waals surface area contributed by atoms with Crippen LogP contribution in [-0.2, 0) is 13.6 Å². The number of halogens is 1. The van der Waals surface area contributed by atoms with Crippen molar-refractivity contribution >= 4 is 44.9 Å². The first-order valence-corrected chi connectivity index (χ1v) is 9.21. The van der Waals surface area contributed by atoms with E-state index < -0.39 is 0 Å². The normalized spacial score (nSPS) is 11.2. The lowest BCUT2D eigenvalue weighted by atomic mass is 10.2. The van der Waals surface area contributed by atoms with Gasteiger partial charge in [-0.3, -0.25) is 9.48 Å². The number of anilines is 1. The number of hydrogen-bond acceptors (Lipinski definition) is 4. The van der Waals surface area contributed by atoms with Crippen LogP contribution in [0.15, 0.2) is 42.6 Å². The van der Waals surface area contributed by atoms with Gasteiger partial charge in [0.2, 0.25) is 0 Å². The summed E-state index contributed by atoms with van der Waals surface area (Å²) in [7, 11) is 1.88. The Morgan fingerprint density at radius 2 is 2.04 bits per heavy atom. The predicted octanol–water partition coefficient (Wildman–Crippen LogP) is 4.09. The highest BCUT2D eigenvalue weighted by Gasteiger charge is 2.16. The van der Waals surface area contributed by atoms with Gasteiger partial charge < -0.3 is 5.32 Å². The third-order valence-corrected chi connectivity index (χ3v) is 5.58. The van der Waals surface area contributed by atoms with E-state index in [0.717, 1.165) is 21.5 Å². The van der Waals surface area contributed by atoms with Gasteiger partial charge in [-0.1, -0.05) is 23.7 Å². The average molecular weight is 386 g/mol. The molecule has 1 aromatic carbocycles. The number of amides is 1. The van der Waals surface area contributed by atoms with Crippen LogP contribution in [0.2, 0.25) is 5.02 Å². The number of hydrogen-bond donors (Lipinski definition) is 1. The molecule has 3 aromatic heterocycles. The van der Waals surface area contributed by atoms with E-state index in [4.69, 9.17) is 11.6 Å². The second-order valence-electron chi connectivity index (χ2n) is 5.99. The van der Waals surface area contributed by atoms with Crippen molar-refractivity contribution in [1.82, 2.24) is 19.6 Å². The minimum atomic E-state index is -0.150. The highest BCUT2D eigenvalue weighted by atomic mass is 35.5. The van der Waals surface area contributed by atoms with E-state index in [1.807, 2.05) is 44.3 Å². The third-order valence-electron chi connectivity index (χ3n) is 4.12. The Morgan fingerprint density at radius 3 is 2.77 bits per heavy atom. The topological polar surface area (TPSA) is 64.7 Å².